The van der Waals surface area contributed by atoms with Crippen LogP contribution in [0.1, 0.15) is 19.0 Å². The molecule has 0 bridgehead atoms. The van der Waals surface area contributed by atoms with Gasteiger partial charge in [0.05, 0.1) is 18.8 Å². The molecule has 1 aromatic carbocycles. The number of H-pyrrole nitrogens is 1. The number of nitrogens with zero attached hydrogens (tertiary/aromatic N) is 2. The second-order valence-corrected chi connectivity index (χ2v) is 4.76. The van der Waals surface area contributed by atoms with Gasteiger partial charge in [-0.25, -0.2) is 4.79 Å². The molecule has 5 heteroatoms. The fourth-order valence-electron chi connectivity index (χ4n) is 2.81. The third-order valence-electron chi connectivity index (χ3n) is 3.71. The summed E-state index contributed by atoms with van der Waals surface area (Å²) in [7, 11) is 3.68. The largest absolute Gasteiger partial charge is 0.494 e. The van der Waals surface area contributed by atoms with E-state index in [1.54, 1.807) is 7.11 Å². The lowest BCUT2D eigenvalue weighted by atomic mass is 10.2. The Kier molecular flexibility index (Phi) is 2.63. The highest BCUT2D eigenvalue weighted by atomic mass is 16.5. The maximum Gasteiger partial charge on any atom is 0.327 e. The smallest absolute Gasteiger partial charge is 0.327 e. The van der Waals surface area contributed by atoms with E-state index in [4.69, 9.17) is 4.74 Å². The van der Waals surface area contributed by atoms with Crippen molar-refractivity contribution in [3.8, 4) is 5.75 Å². The number of aromatic amines is 1. The molecular formula is C13H17N3O2. The number of methoxy groups -OCH3 is 1. The zero-order valence-corrected chi connectivity index (χ0v) is 10.6. The molecule has 1 aliphatic heterocycles. The highest BCUT2D eigenvalue weighted by Gasteiger charge is 2.26. The first-order valence-corrected chi connectivity index (χ1v) is 6.20. The first-order valence-electron chi connectivity index (χ1n) is 6.20. The lowest BCUT2D eigenvalue weighted by molar-refractivity contribution is 0.238. The van der Waals surface area contributed by atoms with Crippen molar-refractivity contribution >= 4 is 11.0 Å². The number of likely N-dealkylation sites (tertiary alicyclic amines) is 1. The van der Waals surface area contributed by atoms with E-state index in [1.807, 2.05) is 22.8 Å². The van der Waals surface area contributed by atoms with Crippen LogP contribution >= 0.6 is 0 Å². The standard InChI is InChI=1S/C13H17N3O2/c1-15-8-4-7-11(15)16-9-5-3-6-10(18-2)12(9)14-13(16)17/h3,5-6,11H,4,7-8H2,1-2H3,(H,14,17). The van der Waals surface area contributed by atoms with E-state index in [0.717, 1.165) is 30.4 Å². The maximum atomic E-state index is 12.2. The second kappa shape index (κ2) is 4.17. The predicted molar refractivity (Wildman–Crippen MR) is 70.0 cm³/mol. The first-order chi connectivity index (χ1) is 8.72. The monoisotopic (exact) mass is 247 g/mol. The quantitative estimate of drug-likeness (QED) is 0.876. The lowest BCUT2D eigenvalue weighted by Gasteiger charge is -2.20. The van der Waals surface area contributed by atoms with Gasteiger partial charge in [0.1, 0.15) is 11.3 Å². The van der Waals surface area contributed by atoms with E-state index in [1.165, 1.54) is 0 Å². The van der Waals surface area contributed by atoms with Gasteiger partial charge in [0.25, 0.3) is 0 Å². The van der Waals surface area contributed by atoms with E-state index >= 15 is 0 Å². The molecule has 1 aliphatic rings. The van der Waals surface area contributed by atoms with Crippen molar-refractivity contribution in [3.63, 3.8) is 0 Å². The minimum absolute atomic E-state index is 0.0618. The minimum Gasteiger partial charge on any atom is -0.494 e. The summed E-state index contributed by atoms with van der Waals surface area (Å²) in [5.74, 6) is 0.712. The van der Waals surface area contributed by atoms with Crippen LogP contribution in [0.25, 0.3) is 11.0 Å². The normalized spacial score (nSPS) is 20.7. The van der Waals surface area contributed by atoms with E-state index in [0.29, 0.717) is 5.75 Å². The fourth-order valence-corrected chi connectivity index (χ4v) is 2.81. The zero-order chi connectivity index (χ0) is 12.7. The second-order valence-electron chi connectivity index (χ2n) is 4.76. The lowest BCUT2D eigenvalue weighted by Crippen LogP contribution is -2.30. The number of fused-ring (bicyclic) bond motifs is 1. The molecule has 1 saturated heterocycles. The van der Waals surface area contributed by atoms with Crippen molar-refractivity contribution in [3.05, 3.63) is 28.7 Å². The molecule has 5 nitrogen and oxygen atoms in total. The van der Waals surface area contributed by atoms with Gasteiger partial charge < -0.3 is 9.72 Å². The summed E-state index contributed by atoms with van der Waals surface area (Å²) >= 11 is 0. The van der Waals surface area contributed by atoms with Crippen LogP contribution < -0.4 is 10.4 Å². The van der Waals surface area contributed by atoms with Crippen molar-refractivity contribution in [1.29, 1.82) is 0 Å². The number of benzene rings is 1. The molecular weight excluding hydrogens is 230 g/mol. The molecule has 0 amide bonds. The molecule has 2 aromatic rings. The van der Waals surface area contributed by atoms with Gasteiger partial charge in [0, 0.05) is 0 Å². The molecule has 1 unspecified atom stereocenters. The van der Waals surface area contributed by atoms with Crippen LogP contribution in [0.15, 0.2) is 23.0 Å². The first kappa shape index (κ1) is 11.3. The predicted octanol–water partition coefficient (Wildman–Crippen LogP) is 1.56. The number of rotatable bonds is 2. The van der Waals surface area contributed by atoms with Gasteiger partial charge in [-0.15, -0.1) is 0 Å². The Morgan fingerprint density at radius 1 is 1.44 bits per heavy atom. The molecule has 96 valence electrons. The fraction of sp³-hybridized carbons (Fsp3) is 0.462. The Morgan fingerprint density at radius 2 is 2.28 bits per heavy atom. The Balaban J connectivity index is 2.23. The molecule has 2 heterocycles. The SMILES string of the molecule is COc1cccc2c1[nH]c(=O)n2C1CCCN1C. The summed E-state index contributed by atoms with van der Waals surface area (Å²) < 4.78 is 7.13. The molecule has 3 rings (SSSR count). The van der Waals surface area contributed by atoms with Gasteiger partial charge in [-0.05, 0) is 38.6 Å². The van der Waals surface area contributed by atoms with E-state index < -0.39 is 0 Å². The topological polar surface area (TPSA) is 50.3 Å². The van der Waals surface area contributed by atoms with Crippen molar-refractivity contribution in [2.75, 3.05) is 20.7 Å². The Hall–Kier alpha value is -1.75. The van der Waals surface area contributed by atoms with Crippen molar-refractivity contribution in [2.45, 2.75) is 19.0 Å². The number of hydrogen-bond donors (Lipinski definition) is 1. The highest BCUT2D eigenvalue weighted by molar-refractivity contribution is 5.81. The Labute approximate surface area is 105 Å². The number of para-hydroxylation sites is 1. The molecule has 0 spiro atoms. The molecule has 1 aromatic heterocycles. The van der Waals surface area contributed by atoms with Crippen molar-refractivity contribution < 1.29 is 4.74 Å². The molecule has 1 atom stereocenters. The third-order valence-corrected chi connectivity index (χ3v) is 3.71. The molecule has 0 radical (unpaired) electrons. The van der Waals surface area contributed by atoms with E-state index in [2.05, 4.69) is 16.9 Å². The number of aromatic nitrogens is 2. The molecule has 1 fully saturated rings. The average molecular weight is 247 g/mol. The average Bonchev–Trinajstić information content (AvgIpc) is 2.91. The number of nitrogens with one attached hydrogen (secondary N) is 1. The van der Waals surface area contributed by atoms with Crippen LogP contribution in [0.2, 0.25) is 0 Å². The molecule has 0 saturated carbocycles. The van der Waals surface area contributed by atoms with Crippen molar-refractivity contribution in [1.82, 2.24) is 14.5 Å². The third kappa shape index (κ3) is 1.54. The van der Waals surface area contributed by atoms with Crippen molar-refractivity contribution in [2.24, 2.45) is 0 Å². The molecule has 18 heavy (non-hydrogen) atoms. The van der Waals surface area contributed by atoms with Crippen LogP contribution in [0.5, 0.6) is 5.75 Å². The van der Waals surface area contributed by atoms with E-state index in [-0.39, 0.29) is 11.9 Å². The summed E-state index contributed by atoms with van der Waals surface area (Å²) in [6.45, 7) is 1.04. The highest BCUT2D eigenvalue weighted by Crippen LogP contribution is 2.29. The summed E-state index contributed by atoms with van der Waals surface area (Å²) in [6, 6.07) is 5.74. The van der Waals surface area contributed by atoms with Gasteiger partial charge in [-0.3, -0.25) is 9.47 Å². The van der Waals surface area contributed by atoms with Gasteiger partial charge in [0.15, 0.2) is 0 Å². The van der Waals surface area contributed by atoms with Crippen LogP contribution in [-0.2, 0) is 0 Å². The number of imidazole rings is 1. The van der Waals surface area contributed by atoms with Gasteiger partial charge in [-0.2, -0.15) is 0 Å². The van der Waals surface area contributed by atoms with Gasteiger partial charge in [-0.1, -0.05) is 6.07 Å². The van der Waals surface area contributed by atoms with Gasteiger partial charge in [0.2, 0.25) is 0 Å². The Morgan fingerprint density at radius 3 is 2.94 bits per heavy atom. The van der Waals surface area contributed by atoms with Crippen LogP contribution in [-0.4, -0.2) is 35.2 Å². The zero-order valence-electron chi connectivity index (χ0n) is 10.6. The van der Waals surface area contributed by atoms with Gasteiger partial charge >= 0.3 is 5.69 Å². The van der Waals surface area contributed by atoms with Crippen LogP contribution in [0, 0.1) is 0 Å². The number of ether oxygens (including phenoxy) is 1. The summed E-state index contributed by atoms with van der Waals surface area (Å²) in [4.78, 5) is 17.3. The minimum atomic E-state index is -0.0618. The van der Waals surface area contributed by atoms with Crippen LogP contribution in [0.3, 0.4) is 0 Å². The Bertz CT molecular complexity index is 629. The summed E-state index contributed by atoms with van der Waals surface area (Å²) in [5.41, 5.74) is 1.64. The summed E-state index contributed by atoms with van der Waals surface area (Å²) in [6.07, 6.45) is 2.29. The summed E-state index contributed by atoms with van der Waals surface area (Å²) in [5, 5.41) is 0. The van der Waals surface area contributed by atoms with E-state index in [9.17, 15) is 4.79 Å². The molecule has 1 N–H and O–H groups in total. The van der Waals surface area contributed by atoms with Crippen LogP contribution in [0.4, 0.5) is 0 Å². The number of hydrogen-bond acceptors (Lipinski definition) is 3. The maximum absolute atomic E-state index is 12.2. The molecule has 0 aliphatic carbocycles.